The fraction of sp³-hybridized carbons (Fsp3) is 0.250. The average Bonchev–Trinajstić information content (AvgIpc) is 2.04. The first-order valence-electron chi connectivity index (χ1n) is 3.44. The summed E-state index contributed by atoms with van der Waals surface area (Å²) in [4.78, 5) is 16.3. The van der Waals surface area contributed by atoms with E-state index in [1.807, 2.05) is 12.1 Å². The molecule has 11 heavy (non-hydrogen) atoms. The highest BCUT2D eigenvalue weighted by molar-refractivity contribution is 8.00. The van der Waals surface area contributed by atoms with Gasteiger partial charge in [0.25, 0.3) is 0 Å². The number of carbonyl (C=O) groups excluding carboxylic acids is 1. The van der Waals surface area contributed by atoms with Gasteiger partial charge in [-0.25, -0.2) is 0 Å². The van der Waals surface area contributed by atoms with Crippen LogP contribution in [-0.2, 0) is 11.2 Å². The number of ketones is 1. The van der Waals surface area contributed by atoms with E-state index in [0.717, 1.165) is 10.6 Å². The predicted octanol–water partition coefficient (Wildman–Crippen LogP) is 1.30. The summed E-state index contributed by atoms with van der Waals surface area (Å²) >= 11 is 1.58. The van der Waals surface area contributed by atoms with Crippen molar-refractivity contribution in [2.75, 3.05) is 5.75 Å². The quantitative estimate of drug-likeness (QED) is 0.580. The molecule has 1 aromatic rings. The second-order valence-electron chi connectivity index (χ2n) is 2.45. The van der Waals surface area contributed by atoms with Crippen molar-refractivity contribution in [1.29, 1.82) is 0 Å². The number of pyridine rings is 1. The summed E-state index contributed by atoms with van der Waals surface area (Å²) in [5, 5.41) is 0. The van der Waals surface area contributed by atoms with Crippen LogP contribution < -0.4 is 0 Å². The molecule has 0 aliphatic carbocycles. The van der Waals surface area contributed by atoms with Gasteiger partial charge in [0, 0.05) is 11.1 Å². The van der Waals surface area contributed by atoms with E-state index in [2.05, 4.69) is 4.98 Å². The summed E-state index contributed by atoms with van der Waals surface area (Å²) in [6.07, 6.45) is 2.25. The number of carbonyl (C=O) groups is 1. The number of fused-ring (bicyclic) bond motifs is 1. The van der Waals surface area contributed by atoms with Gasteiger partial charge < -0.3 is 0 Å². The third-order valence-corrected chi connectivity index (χ3v) is 2.75. The van der Waals surface area contributed by atoms with Crippen molar-refractivity contribution in [3.63, 3.8) is 0 Å². The van der Waals surface area contributed by atoms with Gasteiger partial charge >= 0.3 is 0 Å². The van der Waals surface area contributed by atoms with Gasteiger partial charge in [0.1, 0.15) is 5.78 Å². The summed E-state index contributed by atoms with van der Waals surface area (Å²) in [5.74, 6) is 0.889. The molecule has 0 saturated heterocycles. The largest absolute Gasteiger partial charge is 0.298 e. The Morgan fingerprint density at radius 1 is 1.55 bits per heavy atom. The van der Waals surface area contributed by atoms with E-state index in [1.54, 1.807) is 18.0 Å². The van der Waals surface area contributed by atoms with Crippen LogP contribution in [0.5, 0.6) is 0 Å². The third-order valence-electron chi connectivity index (χ3n) is 1.60. The SMILES string of the molecule is O=C1CSc2cccnc2C1. The Morgan fingerprint density at radius 3 is 3.36 bits per heavy atom. The zero-order chi connectivity index (χ0) is 7.68. The Labute approximate surface area is 69.0 Å². The van der Waals surface area contributed by atoms with E-state index in [9.17, 15) is 4.79 Å². The van der Waals surface area contributed by atoms with Crippen LogP contribution in [0.2, 0.25) is 0 Å². The number of hydrogen-bond donors (Lipinski definition) is 0. The van der Waals surface area contributed by atoms with Crippen LogP contribution in [0.15, 0.2) is 23.2 Å². The molecular weight excluding hydrogens is 158 g/mol. The van der Waals surface area contributed by atoms with Crippen molar-refractivity contribution in [3.05, 3.63) is 24.0 Å². The summed E-state index contributed by atoms with van der Waals surface area (Å²) in [7, 11) is 0. The number of hydrogen-bond acceptors (Lipinski definition) is 3. The van der Waals surface area contributed by atoms with Gasteiger partial charge in [-0.05, 0) is 12.1 Å². The Hall–Kier alpha value is -0.830. The summed E-state index contributed by atoms with van der Waals surface area (Å²) < 4.78 is 0. The molecule has 0 amide bonds. The van der Waals surface area contributed by atoms with Gasteiger partial charge in [-0.2, -0.15) is 0 Å². The van der Waals surface area contributed by atoms with Crippen molar-refractivity contribution in [2.45, 2.75) is 11.3 Å². The molecule has 1 aromatic heterocycles. The van der Waals surface area contributed by atoms with Crippen LogP contribution in [-0.4, -0.2) is 16.5 Å². The molecule has 2 rings (SSSR count). The van der Waals surface area contributed by atoms with Crippen molar-refractivity contribution >= 4 is 17.5 Å². The molecule has 0 radical (unpaired) electrons. The van der Waals surface area contributed by atoms with Crippen molar-refractivity contribution in [2.24, 2.45) is 0 Å². The van der Waals surface area contributed by atoms with Gasteiger partial charge in [0.2, 0.25) is 0 Å². The molecule has 0 unspecified atom stereocenters. The zero-order valence-corrected chi connectivity index (χ0v) is 6.73. The van der Waals surface area contributed by atoms with E-state index in [4.69, 9.17) is 0 Å². The molecule has 0 spiro atoms. The maximum absolute atomic E-state index is 11.0. The zero-order valence-electron chi connectivity index (χ0n) is 5.91. The standard InChI is InChI=1S/C8H7NOS/c10-6-4-7-8(11-5-6)2-1-3-9-7/h1-3H,4-5H2. The van der Waals surface area contributed by atoms with E-state index in [-0.39, 0.29) is 5.78 Å². The highest BCUT2D eigenvalue weighted by Gasteiger charge is 2.15. The van der Waals surface area contributed by atoms with Crippen LogP contribution in [0.3, 0.4) is 0 Å². The number of rotatable bonds is 0. The predicted molar refractivity (Wildman–Crippen MR) is 43.7 cm³/mol. The highest BCUT2D eigenvalue weighted by Crippen LogP contribution is 2.25. The molecule has 3 heteroatoms. The Balaban J connectivity index is 2.41. The Kier molecular flexibility index (Phi) is 1.66. The molecule has 1 aliphatic heterocycles. The Bertz CT molecular complexity index is 298. The molecule has 0 saturated carbocycles. The molecule has 56 valence electrons. The van der Waals surface area contributed by atoms with E-state index < -0.39 is 0 Å². The monoisotopic (exact) mass is 165 g/mol. The fourth-order valence-corrected chi connectivity index (χ4v) is 1.97. The molecule has 0 bridgehead atoms. The molecule has 0 aromatic carbocycles. The lowest BCUT2D eigenvalue weighted by molar-refractivity contribution is -0.116. The minimum absolute atomic E-state index is 0.279. The normalized spacial score (nSPS) is 16.2. The van der Waals surface area contributed by atoms with Gasteiger partial charge in [-0.15, -0.1) is 11.8 Å². The molecule has 1 aliphatic rings. The van der Waals surface area contributed by atoms with Crippen LogP contribution in [0, 0.1) is 0 Å². The minimum Gasteiger partial charge on any atom is -0.298 e. The first kappa shape index (κ1) is 6.85. The third kappa shape index (κ3) is 1.28. The number of thioether (sulfide) groups is 1. The smallest absolute Gasteiger partial charge is 0.149 e. The van der Waals surface area contributed by atoms with E-state index in [1.165, 1.54) is 0 Å². The molecule has 2 heterocycles. The summed E-state index contributed by atoms with van der Waals surface area (Å²) in [5.41, 5.74) is 0.939. The molecule has 2 nitrogen and oxygen atoms in total. The van der Waals surface area contributed by atoms with Gasteiger partial charge in [0.15, 0.2) is 0 Å². The number of nitrogens with zero attached hydrogens (tertiary/aromatic N) is 1. The van der Waals surface area contributed by atoms with Crippen LogP contribution >= 0.6 is 11.8 Å². The lowest BCUT2D eigenvalue weighted by Crippen LogP contribution is -2.12. The lowest BCUT2D eigenvalue weighted by atomic mass is 10.2. The van der Waals surface area contributed by atoms with Gasteiger partial charge in [0.05, 0.1) is 17.9 Å². The first-order valence-corrected chi connectivity index (χ1v) is 4.43. The molecule has 0 atom stereocenters. The van der Waals surface area contributed by atoms with Gasteiger partial charge in [-0.3, -0.25) is 9.78 Å². The maximum atomic E-state index is 11.0. The topological polar surface area (TPSA) is 30.0 Å². The summed E-state index contributed by atoms with van der Waals surface area (Å²) in [6, 6.07) is 3.92. The number of Topliss-reactive ketones (excluding diaryl/α,β-unsaturated/α-hetero) is 1. The fourth-order valence-electron chi connectivity index (χ4n) is 1.08. The van der Waals surface area contributed by atoms with Gasteiger partial charge in [-0.1, -0.05) is 0 Å². The van der Waals surface area contributed by atoms with Crippen molar-refractivity contribution in [3.8, 4) is 0 Å². The van der Waals surface area contributed by atoms with E-state index in [0.29, 0.717) is 12.2 Å². The van der Waals surface area contributed by atoms with Crippen LogP contribution in [0.25, 0.3) is 0 Å². The second-order valence-corrected chi connectivity index (χ2v) is 3.47. The van der Waals surface area contributed by atoms with Crippen LogP contribution in [0.1, 0.15) is 5.69 Å². The maximum Gasteiger partial charge on any atom is 0.149 e. The van der Waals surface area contributed by atoms with Crippen molar-refractivity contribution in [1.82, 2.24) is 4.98 Å². The lowest BCUT2D eigenvalue weighted by Gasteiger charge is -2.11. The minimum atomic E-state index is 0.279. The van der Waals surface area contributed by atoms with Crippen molar-refractivity contribution < 1.29 is 4.79 Å². The highest BCUT2D eigenvalue weighted by atomic mass is 32.2. The molecule has 0 fully saturated rings. The number of aromatic nitrogens is 1. The average molecular weight is 165 g/mol. The Morgan fingerprint density at radius 2 is 2.45 bits per heavy atom. The molecule has 0 N–H and O–H groups in total. The molecular formula is C8H7NOS. The summed E-state index contributed by atoms with van der Waals surface area (Å²) in [6.45, 7) is 0. The van der Waals surface area contributed by atoms with Crippen LogP contribution in [0.4, 0.5) is 0 Å². The second kappa shape index (κ2) is 2.66. The first-order chi connectivity index (χ1) is 5.36. The van der Waals surface area contributed by atoms with E-state index >= 15 is 0 Å².